The SMILES string of the molecule is CCc1nc(-c2ncccn2)sc1C(=O)N1CCOC2(C[C@H]3CC[C@@H](C2)N3)C1. The third-order valence-corrected chi connectivity index (χ3v) is 7.17. The van der Waals surface area contributed by atoms with Crippen molar-refractivity contribution in [3.05, 3.63) is 29.0 Å². The van der Waals surface area contributed by atoms with Crippen LogP contribution in [0.1, 0.15) is 48.0 Å². The molecular formula is C20H25N5O2S. The van der Waals surface area contributed by atoms with Gasteiger partial charge in [0.15, 0.2) is 10.8 Å². The van der Waals surface area contributed by atoms with Crippen LogP contribution in [0.3, 0.4) is 0 Å². The van der Waals surface area contributed by atoms with Crippen molar-refractivity contribution in [2.75, 3.05) is 19.7 Å². The number of aryl methyl sites for hydroxylation is 1. The molecule has 2 aromatic rings. The van der Waals surface area contributed by atoms with Gasteiger partial charge in [0.05, 0.1) is 24.4 Å². The molecule has 28 heavy (non-hydrogen) atoms. The lowest BCUT2D eigenvalue weighted by atomic mass is 9.85. The highest BCUT2D eigenvalue weighted by Crippen LogP contribution is 2.39. The number of ether oxygens (including phenoxy) is 1. The quantitative estimate of drug-likeness (QED) is 0.853. The molecule has 1 amide bonds. The number of thiazole rings is 1. The van der Waals surface area contributed by atoms with Crippen LogP contribution in [0, 0.1) is 0 Å². The minimum absolute atomic E-state index is 0.0742. The molecule has 0 saturated carbocycles. The third-order valence-electron chi connectivity index (χ3n) is 6.09. The number of amides is 1. The number of hydrogen-bond donors (Lipinski definition) is 1. The van der Waals surface area contributed by atoms with E-state index in [1.165, 1.54) is 24.2 Å². The molecule has 3 aliphatic heterocycles. The van der Waals surface area contributed by atoms with Gasteiger partial charge in [-0.15, -0.1) is 11.3 Å². The molecule has 3 atom stereocenters. The van der Waals surface area contributed by atoms with Crippen molar-refractivity contribution in [3.8, 4) is 10.8 Å². The van der Waals surface area contributed by atoms with Crippen molar-refractivity contribution in [1.82, 2.24) is 25.2 Å². The van der Waals surface area contributed by atoms with Crippen LogP contribution in [-0.2, 0) is 11.2 Å². The number of nitrogens with one attached hydrogen (secondary N) is 1. The molecule has 5 rings (SSSR count). The van der Waals surface area contributed by atoms with Crippen LogP contribution < -0.4 is 5.32 Å². The van der Waals surface area contributed by atoms with Gasteiger partial charge in [-0.3, -0.25) is 4.79 Å². The number of morpholine rings is 1. The molecule has 148 valence electrons. The Balaban J connectivity index is 1.39. The summed E-state index contributed by atoms with van der Waals surface area (Å²) in [5.74, 6) is 0.653. The molecule has 3 fully saturated rings. The summed E-state index contributed by atoms with van der Waals surface area (Å²) in [5.41, 5.74) is 0.649. The number of piperidine rings is 1. The summed E-state index contributed by atoms with van der Waals surface area (Å²) in [6, 6.07) is 2.85. The Morgan fingerprint density at radius 2 is 2.07 bits per heavy atom. The summed E-state index contributed by atoms with van der Waals surface area (Å²) in [6.45, 7) is 3.97. The monoisotopic (exact) mass is 399 g/mol. The molecule has 7 nitrogen and oxygen atoms in total. The number of carbonyl (C=O) groups excluding carboxylic acids is 1. The fourth-order valence-corrected chi connectivity index (χ4v) is 5.95. The minimum atomic E-state index is -0.187. The van der Waals surface area contributed by atoms with Crippen LogP contribution in [0.25, 0.3) is 10.8 Å². The van der Waals surface area contributed by atoms with Gasteiger partial charge in [0.1, 0.15) is 4.88 Å². The first-order valence-electron chi connectivity index (χ1n) is 10.1. The van der Waals surface area contributed by atoms with Crippen molar-refractivity contribution in [3.63, 3.8) is 0 Å². The van der Waals surface area contributed by atoms with Crippen LogP contribution >= 0.6 is 11.3 Å². The molecular weight excluding hydrogens is 374 g/mol. The van der Waals surface area contributed by atoms with Gasteiger partial charge in [-0.2, -0.15) is 0 Å². The van der Waals surface area contributed by atoms with Crippen molar-refractivity contribution < 1.29 is 9.53 Å². The Morgan fingerprint density at radius 3 is 2.79 bits per heavy atom. The Labute approximate surface area is 168 Å². The maximum Gasteiger partial charge on any atom is 0.266 e. The maximum absolute atomic E-state index is 13.4. The number of rotatable bonds is 3. The van der Waals surface area contributed by atoms with E-state index in [1.807, 2.05) is 11.8 Å². The van der Waals surface area contributed by atoms with Gasteiger partial charge in [-0.1, -0.05) is 6.92 Å². The average molecular weight is 400 g/mol. The molecule has 0 radical (unpaired) electrons. The van der Waals surface area contributed by atoms with E-state index in [1.54, 1.807) is 18.5 Å². The van der Waals surface area contributed by atoms with Crippen molar-refractivity contribution >= 4 is 17.2 Å². The predicted octanol–water partition coefficient (Wildman–Crippen LogP) is 2.29. The smallest absolute Gasteiger partial charge is 0.266 e. The van der Waals surface area contributed by atoms with E-state index in [0.29, 0.717) is 49.0 Å². The van der Waals surface area contributed by atoms with Crippen LogP contribution in [0.4, 0.5) is 0 Å². The molecule has 3 aliphatic rings. The molecule has 1 spiro atoms. The second kappa shape index (κ2) is 7.17. The molecule has 0 aliphatic carbocycles. The van der Waals surface area contributed by atoms with Gasteiger partial charge < -0.3 is 15.0 Å². The Kier molecular flexibility index (Phi) is 4.65. The van der Waals surface area contributed by atoms with E-state index < -0.39 is 0 Å². The van der Waals surface area contributed by atoms with Crippen molar-refractivity contribution in [2.24, 2.45) is 0 Å². The Hall–Kier alpha value is -1.90. The van der Waals surface area contributed by atoms with Crippen molar-refractivity contribution in [1.29, 1.82) is 0 Å². The zero-order valence-electron chi connectivity index (χ0n) is 16.1. The highest BCUT2D eigenvalue weighted by molar-refractivity contribution is 7.17. The number of carbonyl (C=O) groups is 1. The van der Waals surface area contributed by atoms with Crippen LogP contribution in [0.15, 0.2) is 18.5 Å². The molecule has 2 aromatic heterocycles. The summed E-state index contributed by atoms with van der Waals surface area (Å²) in [6.07, 6.45) is 8.56. The highest BCUT2D eigenvalue weighted by Gasteiger charge is 2.47. The van der Waals surface area contributed by atoms with E-state index in [2.05, 4.69) is 20.3 Å². The normalized spacial score (nSPS) is 29.4. The lowest BCUT2D eigenvalue weighted by Crippen LogP contribution is -2.60. The molecule has 1 N–H and O–H groups in total. The fourth-order valence-electron chi connectivity index (χ4n) is 4.88. The number of nitrogens with zero attached hydrogens (tertiary/aromatic N) is 4. The second-order valence-electron chi connectivity index (χ2n) is 8.03. The summed E-state index contributed by atoms with van der Waals surface area (Å²) in [5, 5.41) is 4.38. The van der Waals surface area contributed by atoms with E-state index in [4.69, 9.17) is 4.74 Å². The fraction of sp³-hybridized carbons (Fsp3) is 0.600. The first-order valence-corrected chi connectivity index (χ1v) is 10.9. The van der Waals surface area contributed by atoms with Crippen LogP contribution in [0.2, 0.25) is 0 Å². The van der Waals surface area contributed by atoms with Gasteiger partial charge in [0.25, 0.3) is 5.91 Å². The third kappa shape index (κ3) is 3.23. The minimum Gasteiger partial charge on any atom is -0.371 e. The van der Waals surface area contributed by atoms with E-state index >= 15 is 0 Å². The van der Waals surface area contributed by atoms with Gasteiger partial charge in [-0.05, 0) is 38.2 Å². The first kappa shape index (κ1) is 18.1. The summed E-state index contributed by atoms with van der Waals surface area (Å²) >= 11 is 1.41. The molecule has 8 heteroatoms. The summed E-state index contributed by atoms with van der Waals surface area (Å²) in [4.78, 5) is 29.3. The number of fused-ring (bicyclic) bond motifs is 2. The first-order chi connectivity index (χ1) is 13.7. The Bertz CT molecular complexity index is 859. The number of hydrogen-bond acceptors (Lipinski definition) is 7. The summed E-state index contributed by atoms with van der Waals surface area (Å²) in [7, 11) is 0. The van der Waals surface area contributed by atoms with Gasteiger partial charge in [-0.25, -0.2) is 15.0 Å². The lowest BCUT2D eigenvalue weighted by molar-refractivity contribution is -0.122. The molecule has 2 bridgehead atoms. The van der Waals surface area contributed by atoms with E-state index in [9.17, 15) is 4.79 Å². The zero-order valence-corrected chi connectivity index (χ0v) is 16.9. The largest absolute Gasteiger partial charge is 0.371 e. The molecule has 3 saturated heterocycles. The molecule has 0 aromatic carbocycles. The van der Waals surface area contributed by atoms with Gasteiger partial charge in [0.2, 0.25) is 0 Å². The van der Waals surface area contributed by atoms with E-state index in [0.717, 1.165) is 23.4 Å². The lowest BCUT2D eigenvalue weighted by Gasteiger charge is -2.47. The van der Waals surface area contributed by atoms with Crippen LogP contribution in [0.5, 0.6) is 0 Å². The van der Waals surface area contributed by atoms with Crippen LogP contribution in [-0.4, -0.2) is 63.1 Å². The maximum atomic E-state index is 13.4. The van der Waals surface area contributed by atoms with Crippen molar-refractivity contribution in [2.45, 2.75) is 56.7 Å². The average Bonchev–Trinajstić information content (AvgIpc) is 3.31. The topological polar surface area (TPSA) is 80.2 Å². The predicted molar refractivity (Wildman–Crippen MR) is 106 cm³/mol. The van der Waals surface area contributed by atoms with E-state index in [-0.39, 0.29) is 11.5 Å². The second-order valence-corrected chi connectivity index (χ2v) is 9.02. The molecule has 5 heterocycles. The number of aromatic nitrogens is 3. The standard InChI is InChI=1S/C20H25N5O2S/c1-2-15-16(28-18(24-15)17-21-6-3-7-22-17)19(26)25-8-9-27-20(12-25)10-13-4-5-14(11-20)23-13/h3,6-7,13-14,23H,2,4-5,8-12H2,1H3/t13-,14+,20?. The Morgan fingerprint density at radius 1 is 1.32 bits per heavy atom. The molecule has 1 unspecified atom stereocenters. The van der Waals surface area contributed by atoms with Gasteiger partial charge in [0, 0.05) is 31.0 Å². The van der Waals surface area contributed by atoms with Gasteiger partial charge >= 0.3 is 0 Å². The summed E-state index contributed by atoms with van der Waals surface area (Å²) < 4.78 is 6.27. The zero-order chi connectivity index (χ0) is 19.1. The highest BCUT2D eigenvalue weighted by atomic mass is 32.1.